The summed E-state index contributed by atoms with van der Waals surface area (Å²) in [6.07, 6.45) is 4.71. The molecule has 4 heterocycles. The third kappa shape index (κ3) is 4.04. The smallest absolute Gasteiger partial charge is 0.271 e. The SMILES string of the molecule is CC1CN(c2ccc(Nc3ncc4ccn(S(=O)(=O)c5cccc6cccnc56)c4n3)cc2)CCN1. The zero-order chi connectivity index (χ0) is 24.7. The van der Waals surface area contributed by atoms with E-state index in [1.54, 1.807) is 36.7 Å². The van der Waals surface area contributed by atoms with E-state index in [0.29, 0.717) is 28.5 Å². The van der Waals surface area contributed by atoms with Crippen LogP contribution in [0.25, 0.3) is 21.9 Å². The molecule has 1 saturated heterocycles. The van der Waals surface area contributed by atoms with Crippen LogP contribution in [0.5, 0.6) is 0 Å². The molecular formula is C26H25N7O2S. The second kappa shape index (κ2) is 8.89. The van der Waals surface area contributed by atoms with E-state index in [1.165, 1.54) is 10.2 Å². The maximum Gasteiger partial charge on any atom is 0.271 e. The molecule has 1 aliphatic heterocycles. The lowest BCUT2D eigenvalue weighted by molar-refractivity contribution is 0.485. The molecule has 1 unspecified atom stereocenters. The van der Waals surface area contributed by atoms with E-state index in [2.05, 4.69) is 49.5 Å². The molecule has 0 aliphatic carbocycles. The van der Waals surface area contributed by atoms with Crippen molar-refractivity contribution in [1.82, 2.24) is 24.2 Å². The second-order valence-electron chi connectivity index (χ2n) is 8.89. The van der Waals surface area contributed by atoms with Gasteiger partial charge in [-0.15, -0.1) is 0 Å². The Balaban J connectivity index is 1.31. The molecule has 9 nitrogen and oxygen atoms in total. The van der Waals surface area contributed by atoms with E-state index in [0.717, 1.165) is 36.4 Å². The molecule has 182 valence electrons. The Bertz CT molecular complexity index is 1660. The van der Waals surface area contributed by atoms with Gasteiger partial charge in [0.05, 0.1) is 5.52 Å². The van der Waals surface area contributed by atoms with Crippen LogP contribution >= 0.6 is 0 Å². The largest absolute Gasteiger partial charge is 0.369 e. The number of benzene rings is 2. The summed E-state index contributed by atoms with van der Waals surface area (Å²) in [6.45, 7) is 5.08. The van der Waals surface area contributed by atoms with Gasteiger partial charge in [0.1, 0.15) is 4.90 Å². The maximum absolute atomic E-state index is 13.6. The molecule has 2 aromatic carbocycles. The number of fused-ring (bicyclic) bond motifs is 2. The molecule has 1 fully saturated rings. The minimum atomic E-state index is -3.94. The van der Waals surface area contributed by atoms with E-state index in [9.17, 15) is 8.42 Å². The molecule has 1 aliphatic rings. The number of anilines is 3. The zero-order valence-electron chi connectivity index (χ0n) is 19.7. The summed E-state index contributed by atoms with van der Waals surface area (Å²) in [5.74, 6) is 0.317. The summed E-state index contributed by atoms with van der Waals surface area (Å²) in [5.41, 5.74) is 2.70. The molecule has 0 spiro atoms. The van der Waals surface area contributed by atoms with E-state index in [-0.39, 0.29) is 4.90 Å². The minimum Gasteiger partial charge on any atom is -0.369 e. The van der Waals surface area contributed by atoms with E-state index >= 15 is 0 Å². The fourth-order valence-electron chi connectivity index (χ4n) is 4.59. The third-order valence-electron chi connectivity index (χ3n) is 6.38. The molecular weight excluding hydrogens is 474 g/mol. The standard InChI is InChI=1S/C26H25N7O2S/c1-18-17-32(15-13-27-18)22-9-7-21(8-10-22)30-26-29-16-20-11-14-33(25(20)31-26)36(34,35)23-6-2-4-19-5-3-12-28-24(19)23/h2-12,14,16,18,27H,13,15,17H2,1H3,(H,29,30,31). The molecule has 36 heavy (non-hydrogen) atoms. The first-order valence-corrected chi connectivity index (χ1v) is 13.2. The van der Waals surface area contributed by atoms with Crippen LogP contribution in [0.3, 0.4) is 0 Å². The van der Waals surface area contributed by atoms with Crippen molar-refractivity contribution in [3.63, 3.8) is 0 Å². The number of nitrogens with zero attached hydrogens (tertiary/aromatic N) is 5. The molecule has 0 amide bonds. The van der Waals surface area contributed by atoms with Gasteiger partial charge in [0.25, 0.3) is 10.0 Å². The van der Waals surface area contributed by atoms with Crippen LogP contribution in [0.1, 0.15) is 6.92 Å². The van der Waals surface area contributed by atoms with Gasteiger partial charge in [-0.05, 0) is 49.4 Å². The highest BCUT2D eigenvalue weighted by molar-refractivity contribution is 7.90. The predicted octanol–water partition coefficient (Wildman–Crippen LogP) is 3.76. The van der Waals surface area contributed by atoms with Gasteiger partial charge in [-0.3, -0.25) is 4.98 Å². The van der Waals surface area contributed by atoms with Gasteiger partial charge in [0, 0.05) is 66.4 Å². The van der Waals surface area contributed by atoms with Gasteiger partial charge < -0.3 is 15.5 Å². The van der Waals surface area contributed by atoms with Crippen molar-refractivity contribution in [3.05, 3.63) is 79.3 Å². The number of nitrogens with one attached hydrogen (secondary N) is 2. The molecule has 0 radical (unpaired) electrons. The van der Waals surface area contributed by atoms with E-state index in [1.807, 2.05) is 24.3 Å². The third-order valence-corrected chi connectivity index (χ3v) is 8.08. The Kier molecular flexibility index (Phi) is 5.54. The Morgan fingerprint density at radius 2 is 1.83 bits per heavy atom. The zero-order valence-corrected chi connectivity index (χ0v) is 20.5. The van der Waals surface area contributed by atoms with Crippen molar-refractivity contribution in [3.8, 4) is 0 Å². The molecule has 3 aromatic heterocycles. The van der Waals surface area contributed by atoms with Crippen LogP contribution in [0.4, 0.5) is 17.3 Å². The lowest BCUT2D eigenvalue weighted by Gasteiger charge is -2.33. The Labute approximate surface area is 208 Å². The number of hydrogen-bond acceptors (Lipinski definition) is 8. The monoisotopic (exact) mass is 499 g/mol. The molecule has 10 heteroatoms. The Morgan fingerprint density at radius 3 is 2.67 bits per heavy atom. The molecule has 0 bridgehead atoms. The van der Waals surface area contributed by atoms with Crippen molar-refractivity contribution >= 4 is 49.3 Å². The van der Waals surface area contributed by atoms with Gasteiger partial charge in [0.15, 0.2) is 5.65 Å². The lowest BCUT2D eigenvalue weighted by atomic mass is 10.2. The topological polar surface area (TPSA) is 105 Å². The van der Waals surface area contributed by atoms with Crippen LogP contribution in [0.2, 0.25) is 0 Å². The fraction of sp³-hybridized carbons (Fsp3) is 0.192. The summed E-state index contributed by atoms with van der Waals surface area (Å²) in [5, 5.41) is 8.03. The van der Waals surface area contributed by atoms with E-state index < -0.39 is 10.0 Å². The van der Waals surface area contributed by atoms with Gasteiger partial charge in [-0.1, -0.05) is 18.2 Å². The van der Waals surface area contributed by atoms with Gasteiger partial charge >= 0.3 is 0 Å². The summed E-state index contributed by atoms with van der Waals surface area (Å²) in [4.78, 5) is 15.7. The van der Waals surface area contributed by atoms with Crippen molar-refractivity contribution in [2.75, 3.05) is 29.9 Å². The summed E-state index contributed by atoms with van der Waals surface area (Å²) < 4.78 is 28.5. The minimum absolute atomic E-state index is 0.129. The first-order valence-electron chi connectivity index (χ1n) is 11.8. The van der Waals surface area contributed by atoms with Crippen LogP contribution in [-0.4, -0.2) is 53.0 Å². The molecule has 5 aromatic rings. The number of rotatable bonds is 5. The highest BCUT2D eigenvalue weighted by atomic mass is 32.2. The van der Waals surface area contributed by atoms with E-state index in [4.69, 9.17) is 0 Å². The lowest BCUT2D eigenvalue weighted by Crippen LogP contribution is -2.49. The quantitative estimate of drug-likeness (QED) is 0.377. The van der Waals surface area contributed by atoms with Crippen molar-refractivity contribution in [2.45, 2.75) is 17.9 Å². The van der Waals surface area contributed by atoms with Crippen LogP contribution in [0, 0.1) is 0 Å². The molecule has 2 N–H and O–H groups in total. The Hall–Kier alpha value is -4.02. The first kappa shape index (κ1) is 22.4. The average molecular weight is 500 g/mol. The number of piperazine rings is 1. The summed E-state index contributed by atoms with van der Waals surface area (Å²) in [6, 6.07) is 19.0. The first-order chi connectivity index (χ1) is 17.5. The second-order valence-corrected chi connectivity index (χ2v) is 10.7. The number of aromatic nitrogens is 4. The number of pyridine rings is 1. The van der Waals surface area contributed by atoms with Crippen LogP contribution in [-0.2, 0) is 10.0 Å². The number of para-hydroxylation sites is 1. The van der Waals surface area contributed by atoms with Crippen LogP contribution in [0.15, 0.2) is 84.1 Å². The van der Waals surface area contributed by atoms with Crippen molar-refractivity contribution in [2.24, 2.45) is 0 Å². The van der Waals surface area contributed by atoms with Crippen molar-refractivity contribution in [1.29, 1.82) is 0 Å². The molecule has 0 saturated carbocycles. The fourth-order valence-corrected chi connectivity index (χ4v) is 6.06. The highest BCUT2D eigenvalue weighted by Gasteiger charge is 2.23. The van der Waals surface area contributed by atoms with Gasteiger partial charge in [-0.25, -0.2) is 17.4 Å². The summed E-state index contributed by atoms with van der Waals surface area (Å²) >= 11 is 0. The molecule has 6 rings (SSSR count). The number of hydrogen-bond donors (Lipinski definition) is 2. The maximum atomic E-state index is 13.6. The van der Waals surface area contributed by atoms with Crippen molar-refractivity contribution < 1.29 is 8.42 Å². The van der Waals surface area contributed by atoms with Crippen LogP contribution < -0.4 is 15.5 Å². The highest BCUT2D eigenvalue weighted by Crippen LogP contribution is 2.27. The van der Waals surface area contributed by atoms with Gasteiger partial charge in [0.2, 0.25) is 5.95 Å². The predicted molar refractivity (Wildman–Crippen MR) is 141 cm³/mol. The van der Waals surface area contributed by atoms with Gasteiger partial charge in [-0.2, -0.15) is 4.98 Å². The summed E-state index contributed by atoms with van der Waals surface area (Å²) in [7, 11) is -3.94. The molecule has 1 atom stereocenters. The average Bonchev–Trinajstić information content (AvgIpc) is 3.33. The Morgan fingerprint density at radius 1 is 1.00 bits per heavy atom. The normalized spacial score (nSPS) is 16.5.